The molecule has 80 valence electrons. The van der Waals surface area contributed by atoms with E-state index in [1.54, 1.807) is 12.4 Å². The van der Waals surface area contributed by atoms with Gasteiger partial charge in [-0.05, 0) is 24.1 Å². The van der Waals surface area contributed by atoms with Crippen molar-refractivity contribution in [2.75, 3.05) is 13.6 Å². The molecule has 0 atom stereocenters. The van der Waals surface area contributed by atoms with E-state index >= 15 is 0 Å². The molecule has 0 aliphatic heterocycles. The minimum Gasteiger partial charge on any atom is -0.474 e. The molecule has 5 heteroatoms. The van der Waals surface area contributed by atoms with Gasteiger partial charge in [0.15, 0.2) is 0 Å². The lowest BCUT2D eigenvalue weighted by molar-refractivity contribution is -0.155. The maximum atomic E-state index is 11.0. The standard InChI is InChI=1S/C10H12N2O3/c1-12(9(13)10(14)15)7-4-8-2-5-11-6-3-8/h2-3,5-6H,4,7H2,1H3,(H,14,15). The molecular weight excluding hydrogens is 196 g/mol. The maximum absolute atomic E-state index is 11.0. The van der Waals surface area contributed by atoms with Gasteiger partial charge in [-0.2, -0.15) is 0 Å². The van der Waals surface area contributed by atoms with Crippen LogP contribution in [-0.2, 0) is 16.0 Å². The molecule has 0 bridgehead atoms. The third kappa shape index (κ3) is 3.38. The fourth-order valence-electron chi connectivity index (χ4n) is 1.11. The number of aromatic nitrogens is 1. The Balaban J connectivity index is 2.44. The molecule has 0 saturated carbocycles. The van der Waals surface area contributed by atoms with Gasteiger partial charge in [0.05, 0.1) is 0 Å². The number of rotatable bonds is 3. The van der Waals surface area contributed by atoms with Gasteiger partial charge < -0.3 is 10.0 Å². The highest BCUT2D eigenvalue weighted by molar-refractivity contribution is 6.31. The second kappa shape index (κ2) is 5.09. The lowest BCUT2D eigenvalue weighted by Gasteiger charge is -2.13. The molecular formula is C10H12N2O3. The van der Waals surface area contributed by atoms with Crippen LogP contribution < -0.4 is 0 Å². The lowest BCUT2D eigenvalue weighted by Crippen LogP contribution is -2.34. The summed E-state index contributed by atoms with van der Waals surface area (Å²) in [5.41, 5.74) is 1.02. The Bertz CT molecular complexity index is 351. The Labute approximate surface area is 87.4 Å². The average molecular weight is 208 g/mol. The number of carbonyl (C=O) groups excluding carboxylic acids is 1. The van der Waals surface area contributed by atoms with Crippen LogP contribution in [-0.4, -0.2) is 40.5 Å². The maximum Gasteiger partial charge on any atom is 0.394 e. The van der Waals surface area contributed by atoms with Crippen molar-refractivity contribution in [3.05, 3.63) is 30.1 Å². The van der Waals surface area contributed by atoms with Gasteiger partial charge in [-0.3, -0.25) is 9.78 Å². The average Bonchev–Trinajstić information content (AvgIpc) is 2.26. The first-order chi connectivity index (χ1) is 7.11. The molecule has 1 rings (SSSR count). The van der Waals surface area contributed by atoms with E-state index < -0.39 is 11.9 Å². The van der Waals surface area contributed by atoms with Crippen LogP contribution in [0.4, 0.5) is 0 Å². The van der Waals surface area contributed by atoms with Crippen molar-refractivity contribution in [3.63, 3.8) is 0 Å². The second-order valence-electron chi connectivity index (χ2n) is 3.14. The van der Waals surface area contributed by atoms with Gasteiger partial charge >= 0.3 is 11.9 Å². The Morgan fingerprint density at radius 1 is 1.40 bits per heavy atom. The third-order valence-corrected chi connectivity index (χ3v) is 2.01. The zero-order valence-electron chi connectivity index (χ0n) is 8.38. The Morgan fingerprint density at radius 3 is 2.53 bits per heavy atom. The molecule has 0 spiro atoms. The zero-order valence-corrected chi connectivity index (χ0v) is 8.38. The molecule has 1 amide bonds. The Kier molecular flexibility index (Phi) is 3.79. The largest absolute Gasteiger partial charge is 0.474 e. The van der Waals surface area contributed by atoms with Crippen LogP contribution in [0.3, 0.4) is 0 Å². The summed E-state index contributed by atoms with van der Waals surface area (Å²) in [7, 11) is 1.47. The van der Waals surface area contributed by atoms with Crippen molar-refractivity contribution < 1.29 is 14.7 Å². The summed E-state index contributed by atoms with van der Waals surface area (Å²) < 4.78 is 0. The molecule has 0 radical (unpaired) electrons. The molecule has 5 nitrogen and oxygen atoms in total. The number of carboxylic acid groups (broad SMARTS) is 1. The van der Waals surface area contributed by atoms with Gasteiger partial charge in [-0.15, -0.1) is 0 Å². The quantitative estimate of drug-likeness (QED) is 0.719. The minimum absolute atomic E-state index is 0.384. The van der Waals surface area contributed by atoms with Crippen molar-refractivity contribution in [2.45, 2.75) is 6.42 Å². The SMILES string of the molecule is CN(CCc1ccncc1)C(=O)C(=O)O. The second-order valence-corrected chi connectivity index (χ2v) is 3.14. The number of likely N-dealkylation sites (N-methyl/N-ethyl adjacent to an activating group) is 1. The van der Waals surface area contributed by atoms with Crippen LogP contribution in [0.25, 0.3) is 0 Å². The topological polar surface area (TPSA) is 70.5 Å². The molecule has 1 heterocycles. The summed E-state index contributed by atoms with van der Waals surface area (Å²) in [5.74, 6) is -2.31. The summed E-state index contributed by atoms with van der Waals surface area (Å²) >= 11 is 0. The van der Waals surface area contributed by atoms with E-state index in [2.05, 4.69) is 4.98 Å². The summed E-state index contributed by atoms with van der Waals surface area (Å²) in [5, 5.41) is 8.45. The van der Waals surface area contributed by atoms with E-state index in [4.69, 9.17) is 5.11 Å². The van der Waals surface area contributed by atoms with E-state index in [-0.39, 0.29) is 0 Å². The molecule has 1 aromatic heterocycles. The monoisotopic (exact) mass is 208 g/mol. The number of pyridine rings is 1. The molecule has 0 fully saturated rings. The van der Waals surface area contributed by atoms with Crippen molar-refractivity contribution in [1.82, 2.24) is 9.88 Å². The van der Waals surface area contributed by atoms with Crippen LogP contribution in [0, 0.1) is 0 Å². The normalized spacial score (nSPS) is 9.67. The molecule has 0 saturated heterocycles. The first-order valence-corrected chi connectivity index (χ1v) is 4.48. The summed E-state index contributed by atoms with van der Waals surface area (Å²) in [6.45, 7) is 0.384. The van der Waals surface area contributed by atoms with Crippen molar-refractivity contribution in [2.24, 2.45) is 0 Å². The van der Waals surface area contributed by atoms with Crippen LogP contribution >= 0.6 is 0 Å². The number of aliphatic carboxylic acids is 1. The van der Waals surface area contributed by atoms with Crippen LogP contribution in [0.1, 0.15) is 5.56 Å². The van der Waals surface area contributed by atoms with Gasteiger partial charge in [-0.1, -0.05) is 0 Å². The highest BCUT2D eigenvalue weighted by Gasteiger charge is 2.16. The molecule has 15 heavy (non-hydrogen) atoms. The van der Waals surface area contributed by atoms with Gasteiger partial charge in [0.25, 0.3) is 0 Å². The molecule has 1 aromatic rings. The molecule has 0 aliphatic rings. The zero-order chi connectivity index (χ0) is 11.3. The first-order valence-electron chi connectivity index (χ1n) is 4.48. The lowest BCUT2D eigenvalue weighted by atomic mass is 10.2. The van der Waals surface area contributed by atoms with E-state index in [1.165, 1.54) is 11.9 Å². The van der Waals surface area contributed by atoms with Gasteiger partial charge in [0.2, 0.25) is 0 Å². The van der Waals surface area contributed by atoms with E-state index in [0.29, 0.717) is 13.0 Å². The Morgan fingerprint density at radius 2 is 2.00 bits per heavy atom. The summed E-state index contributed by atoms with van der Waals surface area (Å²) in [4.78, 5) is 26.4. The Hall–Kier alpha value is -1.91. The number of carbonyl (C=O) groups is 2. The highest BCUT2D eigenvalue weighted by atomic mass is 16.4. The van der Waals surface area contributed by atoms with Crippen molar-refractivity contribution in [3.8, 4) is 0 Å². The van der Waals surface area contributed by atoms with Crippen LogP contribution in [0.15, 0.2) is 24.5 Å². The fourth-order valence-corrected chi connectivity index (χ4v) is 1.11. The number of hydrogen-bond acceptors (Lipinski definition) is 3. The summed E-state index contributed by atoms with van der Waals surface area (Å²) in [6.07, 6.45) is 3.95. The van der Waals surface area contributed by atoms with Gasteiger partial charge in [-0.25, -0.2) is 4.79 Å². The van der Waals surface area contributed by atoms with Crippen molar-refractivity contribution >= 4 is 11.9 Å². The predicted molar refractivity (Wildman–Crippen MR) is 53.2 cm³/mol. The first kappa shape index (κ1) is 11.2. The van der Waals surface area contributed by atoms with Crippen LogP contribution in [0.2, 0.25) is 0 Å². The third-order valence-electron chi connectivity index (χ3n) is 2.01. The number of carboxylic acids is 1. The van der Waals surface area contributed by atoms with Gasteiger partial charge in [0.1, 0.15) is 0 Å². The number of nitrogens with zero attached hydrogens (tertiary/aromatic N) is 2. The molecule has 0 aliphatic carbocycles. The van der Waals surface area contributed by atoms with E-state index in [0.717, 1.165) is 5.56 Å². The predicted octanol–water partition coefficient (Wildman–Crippen LogP) is 0.167. The highest BCUT2D eigenvalue weighted by Crippen LogP contribution is 1.99. The van der Waals surface area contributed by atoms with E-state index in [9.17, 15) is 9.59 Å². The summed E-state index contributed by atoms with van der Waals surface area (Å²) in [6, 6.07) is 3.66. The molecule has 0 aromatic carbocycles. The fraction of sp³-hybridized carbons (Fsp3) is 0.300. The minimum atomic E-state index is -1.42. The molecule has 0 unspecified atom stereocenters. The van der Waals surface area contributed by atoms with Crippen LogP contribution in [0.5, 0.6) is 0 Å². The molecule has 1 N–H and O–H groups in total. The van der Waals surface area contributed by atoms with Gasteiger partial charge in [0, 0.05) is 26.0 Å². The smallest absolute Gasteiger partial charge is 0.394 e. The number of amides is 1. The van der Waals surface area contributed by atoms with Crippen molar-refractivity contribution in [1.29, 1.82) is 0 Å². The number of hydrogen-bond donors (Lipinski definition) is 1. The van der Waals surface area contributed by atoms with E-state index in [1.807, 2.05) is 12.1 Å².